The Morgan fingerprint density at radius 3 is 3.11 bits per heavy atom. The van der Waals surface area contributed by atoms with Gasteiger partial charge in [-0.05, 0) is 38.4 Å². The summed E-state index contributed by atoms with van der Waals surface area (Å²) in [4.78, 5) is 12.4. The van der Waals surface area contributed by atoms with E-state index < -0.39 is 0 Å². The third kappa shape index (κ3) is 2.73. The summed E-state index contributed by atoms with van der Waals surface area (Å²) < 4.78 is 5.57. The van der Waals surface area contributed by atoms with E-state index >= 15 is 0 Å². The fraction of sp³-hybridized carbons (Fsp3) is 0.533. The first-order valence-corrected chi connectivity index (χ1v) is 7.07. The van der Waals surface area contributed by atoms with E-state index in [0.29, 0.717) is 12.6 Å². The van der Waals surface area contributed by atoms with Crippen LogP contribution in [-0.2, 0) is 4.79 Å². The van der Waals surface area contributed by atoms with Crippen LogP contribution in [0.15, 0.2) is 24.3 Å². The van der Waals surface area contributed by atoms with E-state index in [0.717, 1.165) is 43.7 Å². The molecule has 0 aliphatic carbocycles. The van der Waals surface area contributed by atoms with Crippen molar-refractivity contribution in [3.63, 3.8) is 0 Å². The number of rotatable bonds is 2. The van der Waals surface area contributed by atoms with E-state index in [2.05, 4.69) is 10.6 Å². The summed E-state index contributed by atoms with van der Waals surface area (Å²) in [6.45, 7) is 2.51. The van der Waals surface area contributed by atoms with Crippen LogP contribution in [-0.4, -0.2) is 31.6 Å². The molecule has 4 nitrogen and oxygen atoms in total. The van der Waals surface area contributed by atoms with Crippen molar-refractivity contribution < 1.29 is 9.53 Å². The Morgan fingerprint density at radius 2 is 2.16 bits per heavy atom. The summed E-state index contributed by atoms with van der Waals surface area (Å²) in [5.41, 5.74) is 1.02. The molecule has 2 heterocycles. The molecular weight excluding hydrogens is 240 g/mol. The number of ether oxygens (including phenoxy) is 1. The largest absolute Gasteiger partial charge is 0.492 e. The molecule has 1 amide bonds. The van der Waals surface area contributed by atoms with Gasteiger partial charge in [0.05, 0.1) is 0 Å². The zero-order chi connectivity index (χ0) is 13.1. The maximum Gasteiger partial charge on any atom is 0.231 e. The van der Waals surface area contributed by atoms with Gasteiger partial charge < -0.3 is 15.4 Å². The molecule has 2 atom stereocenters. The molecule has 19 heavy (non-hydrogen) atoms. The molecule has 0 saturated carbocycles. The van der Waals surface area contributed by atoms with E-state index in [-0.39, 0.29) is 11.8 Å². The zero-order valence-corrected chi connectivity index (χ0v) is 11.0. The Kier molecular flexibility index (Phi) is 3.69. The van der Waals surface area contributed by atoms with E-state index in [4.69, 9.17) is 4.74 Å². The van der Waals surface area contributed by atoms with Crippen LogP contribution >= 0.6 is 0 Å². The number of carbonyl (C=O) groups is 1. The molecule has 0 radical (unpaired) electrons. The van der Waals surface area contributed by atoms with Crippen LogP contribution in [0.2, 0.25) is 0 Å². The molecule has 1 fully saturated rings. The Balaban J connectivity index is 1.65. The van der Waals surface area contributed by atoms with Crippen molar-refractivity contribution in [3.05, 3.63) is 29.8 Å². The average molecular weight is 260 g/mol. The SMILES string of the molecule is O=C(NC1CCCNCC1)C1COc2ccccc21. The van der Waals surface area contributed by atoms with Crippen LogP contribution in [0.25, 0.3) is 0 Å². The standard InChI is InChI=1S/C15H20N2O2/c18-15(17-11-4-3-8-16-9-7-11)13-10-19-14-6-2-1-5-12(13)14/h1-2,5-6,11,13,16H,3-4,7-10H2,(H,17,18). The molecule has 4 heteroatoms. The molecule has 102 valence electrons. The fourth-order valence-electron chi connectivity index (χ4n) is 2.84. The number of fused-ring (bicyclic) bond motifs is 1. The van der Waals surface area contributed by atoms with E-state index in [1.807, 2.05) is 24.3 Å². The van der Waals surface area contributed by atoms with Crippen molar-refractivity contribution in [2.24, 2.45) is 0 Å². The Bertz CT molecular complexity index is 453. The monoisotopic (exact) mass is 260 g/mol. The molecule has 1 aromatic carbocycles. The highest BCUT2D eigenvalue weighted by atomic mass is 16.5. The third-order valence-electron chi connectivity index (χ3n) is 3.94. The van der Waals surface area contributed by atoms with Crippen LogP contribution in [0.5, 0.6) is 5.75 Å². The molecular formula is C15H20N2O2. The lowest BCUT2D eigenvalue weighted by atomic mass is 9.99. The van der Waals surface area contributed by atoms with E-state index in [1.54, 1.807) is 0 Å². The van der Waals surface area contributed by atoms with Crippen molar-refractivity contribution in [2.45, 2.75) is 31.2 Å². The molecule has 0 spiro atoms. The molecule has 2 aliphatic heterocycles. The first-order valence-electron chi connectivity index (χ1n) is 7.07. The Labute approximate surface area is 113 Å². The van der Waals surface area contributed by atoms with Crippen molar-refractivity contribution in [3.8, 4) is 5.75 Å². The lowest BCUT2D eigenvalue weighted by Crippen LogP contribution is -2.39. The number of carbonyl (C=O) groups excluding carboxylic acids is 1. The summed E-state index contributed by atoms with van der Waals surface area (Å²) in [6.07, 6.45) is 3.21. The number of nitrogens with one attached hydrogen (secondary N) is 2. The van der Waals surface area contributed by atoms with Gasteiger partial charge in [-0.2, -0.15) is 0 Å². The average Bonchev–Trinajstić information content (AvgIpc) is 2.70. The summed E-state index contributed by atoms with van der Waals surface area (Å²) in [6, 6.07) is 8.12. The minimum atomic E-state index is -0.146. The Hall–Kier alpha value is -1.55. The number of hydrogen-bond donors (Lipinski definition) is 2. The Morgan fingerprint density at radius 1 is 1.26 bits per heavy atom. The maximum atomic E-state index is 12.4. The lowest BCUT2D eigenvalue weighted by Gasteiger charge is -2.18. The molecule has 0 bridgehead atoms. The molecule has 1 saturated heterocycles. The van der Waals surface area contributed by atoms with Gasteiger partial charge in [-0.15, -0.1) is 0 Å². The highest BCUT2D eigenvalue weighted by Gasteiger charge is 2.31. The molecule has 2 unspecified atom stereocenters. The van der Waals surface area contributed by atoms with E-state index in [9.17, 15) is 4.79 Å². The van der Waals surface area contributed by atoms with Crippen LogP contribution in [0.4, 0.5) is 0 Å². The van der Waals surface area contributed by atoms with Gasteiger partial charge in [0.15, 0.2) is 0 Å². The van der Waals surface area contributed by atoms with Gasteiger partial charge in [-0.1, -0.05) is 18.2 Å². The molecule has 1 aromatic rings. The first kappa shape index (κ1) is 12.5. The van der Waals surface area contributed by atoms with Gasteiger partial charge in [0.1, 0.15) is 18.3 Å². The fourth-order valence-corrected chi connectivity index (χ4v) is 2.84. The summed E-state index contributed by atoms with van der Waals surface area (Å²) in [5.74, 6) is 0.814. The van der Waals surface area contributed by atoms with Crippen LogP contribution in [0.3, 0.4) is 0 Å². The minimum absolute atomic E-state index is 0.108. The topological polar surface area (TPSA) is 50.4 Å². The summed E-state index contributed by atoms with van der Waals surface area (Å²) >= 11 is 0. The number of hydrogen-bond acceptors (Lipinski definition) is 3. The van der Waals surface area contributed by atoms with Crippen molar-refractivity contribution in [1.29, 1.82) is 0 Å². The summed E-state index contributed by atoms with van der Waals surface area (Å²) in [5, 5.41) is 6.54. The van der Waals surface area contributed by atoms with Crippen LogP contribution in [0.1, 0.15) is 30.7 Å². The zero-order valence-electron chi connectivity index (χ0n) is 11.0. The van der Waals surface area contributed by atoms with Crippen molar-refractivity contribution in [2.75, 3.05) is 19.7 Å². The maximum absolute atomic E-state index is 12.4. The molecule has 0 aromatic heterocycles. The second kappa shape index (κ2) is 5.61. The number of benzene rings is 1. The number of para-hydroxylation sites is 1. The lowest BCUT2D eigenvalue weighted by molar-refractivity contribution is -0.123. The van der Waals surface area contributed by atoms with Gasteiger partial charge in [0, 0.05) is 11.6 Å². The molecule has 2 N–H and O–H groups in total. The quantitative estimate of drug-likeness (QED) is 0.845. The minimum Gasteiger partial charge on any atom is -0.492 e. The van der Waals surface area contributed by atoms with Gasteiger partial charge in [0.25, 0.3) is 0 Å². The molecule has 3 rings (SSSR count). The number of amides is 1. The van der Waals surface area contributed by atoms with E-state index in [1.165, 1.54) is 0 Å². The highest BCUT2D eigenvalue weighted by Crippen LogP contribution is 2.33. The predicted molar refractivity (Wildman–Crippen MR) is 73.3 cm³/mol. The van der Waals surface area contributed by atoms with Crippen LogP contribution < -0.4 is 15.4 Å². The summed E-state index contributed by atoms with van der Waals surface area (Å²) in [7, 11) is 0. The van der Waals surface area contributed by atoms with Crippen molar-refractivity contribution >= 4 is 5.91 Å². The van der Waals surface area contributed by atoms with Crippen LogP contribution in [0, 0.1) is 0 Å². The molecule has 2 aliphatic rings. The predicted octanol–water partition coefficient (Wildman–Crippen LogP) is 1.42. The van der Waals surface area contributed by atoms with Crippen molar-refractivity contribution in [1.82, 2.24) is 10.6 Å². The highest BCUT2D eigenvalue weighted by molar-refractivity contribution is 5.85. The second-order valence-electron chi connectivity index (χ2n) is 5.29. The third-order valence-corrected chi connectivity index (χ3v) is 3.94. The second-order valence-corrected chi connectivity index (χ2v) is 5.29. The first-order chi connectivity index (χ1) is 9.34. The van der Waals surface area contributed by atoms with Gasteiger partial charge >= 0.3 is 0 Å². The van der Waals surface area contributed by atoms with Gasteiger partial charge in [-0.25, -0.2) is 0 Å². The van der Waals surface area contributed by atoms with Gasteiger partial charge in [0.2, 0.25) is 5.91 Å². The smallest absolute Gasteiger partial charge is 0.231 e. The van der Waals surface area contributed by atoms with Gasteiger partial charge in [-0.3, -0.25) is 4.79 Å². The normalized spacial score (nSPS) is 26.1.